The first kappa shape index (κ1) is 18.7. The molecular weight excluding hydrogens is 386 g/mol. The highest BCUT2D eigenvalue weighted by molar-refractivity contribution is 6.02. The highest BCUT2D eigenvalue weighted by atomic mass is 15.1. The third kappa shape index (κ3) is 3.02. The van der Waals surface area contributed by atoms with Crippen molar-refractivity contribution >= 4 is 17.1 Å². The van der Waals surface area contributed by atoms with Crippen LogP contribution in [0.5, 0.6) is 0 Å². The van der Waals surface area contributed by atoms with Crippen molar-refractivity contribution in [3.8, 4) is 33.4 Å². The Hall–Kier alpha value is -4.10. The molecule has 1 aliphatic rings. The van der Waals surface area contributed by atoms with Gasteiger partial charge in [0.15, 0.2) is 0 Å². The predicted octanol–water partition coefficient (Wildman–Crippen LogP) is 8.78. The minimum atomic E-state index is 1.16. The first-order valence-corrected chi connectivity index (χ1v) is 11.0. The Balaban J connectivity index is 1.55. The first-order chi connectivity index (χ1) is 15.8. The topological polar surface area (TPSA) is 3.24 Å². The molecule has 0 aromatic heterocycles. The fraction of sp³-hybridized carbons (Fsp3) is 0.0323. The number of fused-ring (bicyclic) bond motifs is 5. The number of rotatable bonds is 2. The van der Waals surface area contributed by atoms with E-state index >= 15 is 0 Å². The lowest BCUT2D eigenvalue weighted by Crippen LogP contribution is -2.10. The van der Waals surface area contributed by atoms with E-state index in [-0.39, 0.29) is 0 Å². The van der Waals surface area contributed by atoms with Gasteiger partial charge in [-0.3, -0.25) is 0 Å². The van der Waals surface area contributed by atoms with Gasteiger partial charge in [0.2, 0.25) is 0 Å². The average molecular weight is 410 g/mol. The van der Waals surface area contributed by atoms with Crippen molar-refractivity contribution in [1.82, 2.24) is 0 Å². The first-order valence-electron chi connectivity index (χ1n) is 11.0. The maximum absolute atomic E-state index is 2.39. The summed E-state index contributed by atoms with van der Waals surface area (Å²) in [6.45, 7) is 2.12. The molecule has 0 atom stereocenters. The molecule has 0 radical (unpaired) electrons. The molecule has 1 heterocycles. The van der Waals surface area contributed by atoms with Gasteiger partial charge in [0.05, 0.1) is 11.4 Å². The van der Waals surface area contributed by atoms with Gasteiger partial charge in [-0.1, -0.05) is 103 Å². The van der Waals surface area contributed by atoms with Crippen LogP contribution in [0.1, 0.15) is 5.56 Å². The van der Waals surface area contributed by atoms with Crippen molar-refractivity contribution in [2.45, 2.75) is 6.92 Å². The predicted molar refractivity (Wildman–Crippen MR) is 136 cm³/mol. The number of para-hydroxylation sites is 2. The summed E-state index contributed by atoms with van der Waals surface area (Å²) in [6, 6.07) is 43.8. The lowest BCUT2D eigenvalue weighted by Gasteiger charge is -2.27. The van der Waals surface area contributed by atoms with E-state index < -0.39 is 0 Å². The molecule has 1 aliphatic heterocycles. The molecule has 0 amide bonds. The number of nitrogens with zero attached hydrogens (tertiary/aromatic N) is 1. The van der Waals surface area contributed by atoms with E-state index in [0.717, 1.165) is 5.69 Å². The molecule has 0 spiro atoms. The quantitative estimate of drug-likeness (QED) is 0.276. The zero-order valence-electron chi connectivity index (χ0n) is 18.0. The van der Waals surface area contributed by atoms with Gasteiger partial charge in [-0.25, -0.2) is 0 Å². The Bertz CT molecular complexity index is 1350. The molecule has 0 aliphatic carbocycles. The van der Waals surface area contributed by atoms with Crippen LogP contribution in [0.15, 0.2) is 121 Å². The zero-order chi connectivity index (χ0) is 21.5. The molecule has 32 heavy (non-hydrogen) atoms. The summed E-state index contributed by atoms with van der Waals surface area (Å²) in [5, 5.41) is 0. The van der Waals surface area contributed by atoms with Gasteiger partial charge in [-0.05, 0) is 53.4 Å². The van der Waals surface area contributed by atoms with Gasteiger partial charge in [0, 0.05) is 16.8 Å². The van der Waals surface area contributed by atoms with Gasteiger partial charge in [0.1, 0.15) is 0 Å². The van der Waals surface area contributed by atoms with Crippen LogP contribution in [0.3, 0.4) is 0 Å². The Morgan fingerprint density at radius 2 is 0.812 bits per heavy atom. The van der Waals surface area contributed by atoms with E-state index in [0.29, 0.717) is 0 Å². The van der Waals surface area contributed by atoms with Crippen molar-refractivity contribution in [2.75, 3.05) is 4.90 Å². The summed E-state index contributed by atoms with van der Waals surface area (Å²) in [4.78, 5) is 2.39. The third-order valence-corrected chi connectivity index (χ3v) is 6.31. The molecule has 0 unspecified atom stereocenters. The molecule has 6 rings (SSSR count). The molecule has 0 saturated heterocycles. The van der Waals surface area contributed by atoms with Crippen molar-refractivity contribution < 1.29 is 0 Å². The van der Waals surface area contributed by atoms with Crippen LogP contribution in [0, 0.1) is 6.92 Å². The van der Waals surface area contributed by atoms with Gasteiger partial charge in [-0.2, -0.15) is 0 Å². The van der Waals surface area contributed by atoms with E-state index in [1.54, 1.807) is 0 Å². The minimum absolute atomic E-state index is 1.16. The fourth-order valence-corrected chi connectivity index (χ4v) is 4.70. The Labute approximate surface area is 189 Å². The lowest BCUT2D eigenvalue weighted by molar-refractivity contribution is 1.29. The molecule has 0 N–H and O–H groups in total. The van der Waals surface area contributed by atoms with Crippen LogP contribution >= 0.6 is 0 Å². The SMILES string of the molecule is Cc1ccc(-c2ccc(N3c4ccccc4-c4ccccc4-c4ccccc43)cc2)cc1. The van der Waals surface area contributed by atoms with Crippen LogP contribution in [0.4, 0.5) is 17.1 Å². The molecule has 0 saturated carbocycles. The Morgan fingerprint density at radius 1 is 0.406 bits per heavy atom. The summed E-state index contributed by atoms with van der Waals surface area (Å²) >= 11 is 0. The molecule has 0 bridgehead atoms. The van der Waals surface area contributed by atoms with Gasteiger partial charge in [-0.15, -0.1) is 0 Å². The summed E-state index contributed by atoms with van der Waals surface area (Å²) in [5.41, 5.74) is 12.4. The molecule has 5 aromatic carbocycles. The van der Waals surface area contributed by atoms with Crippen LogP contribution in [-0.2, 0) is 0 Å². The molecule has 0 fully saturated rings. The maximum Gasteiger partial charge on any atom is 0.0540 e. The third-order valence-electron chi connectivity index (χ3n) is 6.31. The van der Waals surface area contributed by atoms with Gasteiger partial charge in [0.25, 0.3) is 0 Å². The highest BCUT2D eigenvalue weighted by Gasteiger charge is 2.25. The van der Waals surface area contributed by atoms with Crippen LogP contribution in [0.25, 0.3) is 33.4 Å². The second-order valence-corrected chi connectivity index (χ2v) is 8.33. The average Bonchev–Trinajstić information content (AvgIpc) is 2.98. The van der Waals surface area contributed by atoms with E-state index in [1.165, 1.54) is 50.3 Å². The summed E-state index contributed by atoms with van der Waals surface area (Å²) in [5.74, 6) is 0. The monoisotopic (exact) mass is 409 g/mol. The standard InChI is InChI=1S/C31H23N/c1-22-14-16-23(17-15-22)24-18-20-25(21-19-24)32-30-12-6-4-10-28(30)26-8-2-3-9-27(26)29-11-5-7-13-31(29)32/h2-21H,1H3. The van der Waals surface area contributed by atoms with Crippen LogP contribution < -0.4 is 4.90 Å². The maximum atomic E-state index is 2.39. The van der Waals surface area contributed by atoms with Gasteiger partial charge < -0.3 is 4.90 Å². The number of hydrogen-bond donors (Lipinski definition) is 0. The smallest absolute Gasteiger partial charge is 0.0540 e. The van der Waals surface area contributed by atoms with E-state index in [2.05, 4.69) is 133 Å². The molecular formula is C31H23N. The molecule has 5 aromatic rings. The number of anilines is 3. The van der Waals surface area contributed by atoms with E-state index in [1.807, 2.05) is 0 Å². The summed E-state index contributed by atoms with van der Waals surface area (Å²) < 4.78 is 0. The molecule has 1 heteroatoms. The van der Waals surface area contributed by atoms with Crippen molar-refractivity contribution in [1.29, 1.82) is 0 Å². The normalized spacial score (nSPS) is 11.8. The second-order valence-electron chi connectivity index (χ2n) is 8.33. The fourth-order valence-electron chi connectivity index (χ4n) is 4.70. The summed E-state index contributed by atoms with van der Waals surface area (Å²) in [6.07, 6.45) is 0. The van der Waals surface area contributed by atoms with Gasteiger partial charge >= 0.3 is 0 Å². The highest BCUT2D eigenvalue weighted by Crippen LogP contribution is 2.50. The second kappa shape index (κ2) is 7.55. The number of benzene rings is 5. The number of aryl methyl sites for hydroxylation is 1. The van der Waals surface area contributed by atoms with Crippen LogP contribution in [-0.4, -0.2) is 0 Å². The van der Waals surface area contributed by atoms with Crippen molar-refractivity contribution in [3.05, 3.63) is 127 Å². The minimum Gasteiger partial charge on any atom is -0.309 e. The van der Waals surface area contributed by atoms with Crippen molar-refractivity contribution in [3.63, 3.8) is 0 Å². The van der Waals surface area contributed by atoms with E-state index in [9.17, 15) is 0 Å². The Morgan fingerprint density at radius 3 is 1.31 bits per heavy atom. The van der Waals surface area contributed by atoms with E-state index in [4.69, 9.17) is 0 Å². The number of hydrogen-bond acceptors (Lipinski definition) is 1. The summed E-state index contributed by atoms with van der Waals surface area (Å²) in [7, 11) is 0. The lowest BCUT2D eigenvalue weighted by atomic mass is 9.95. The Kier molecular flexibility index (Phi) is 4.40. The molecule has 152 valence electrons. The van der Waals surface area contributed by atoms with Crippen molar-refractivity contribution in [2.24, 2.45) is 0 Å². The molecule has 1 nitrogen and oxygen atoms in total. The van der Waals surface area contributed by atoms with Crippen LogP contribution in [0.2, 0.25) is 0 Å². The zero-order valence-corrected chi connectivity index (χ0v) is 18.0. The largest absolute Gasteiger partial charge is 0.309 e.